The normalized spacial score (nSPS) is 10.2. The van der Waals surface area contributed by atoms with Gasteiger partial charge < -0.3 is 14.5 Å². The zero-order chi connectivity index (χ0) is 12.4. The molecule has 2 aromatic rings. The highest BCUT2D eigenvalue weighted by atomic mass is 16.5. The number of nitrogens with one attached hydrogen (secondary N) is 1. The fraction of sp³-hybridized carbons (Fsp3) is 0.167. The average molecular weight is 233 g/mol. The Hall–Kier alpha value is -2.30. The molecular weight excluding hydrogens is 222 g/mol. The third-order valence-corrected chi connectivity index (χ3v) is 2.25. The van der Waals surface area contributed by atoms with Crippen molar-refractivity contribution in [2.75, 3.05) is 12.4 Å². The Bertz CT molecular complexity index is 630. The van der Waals surface area contributed by atoms with Crippen molar-refractivity contribution in [2.45, 2.75) is 6.92 Å². The van der Waals surface area contributed by atoms with Crippen LogP contribution in [0.25, 0.3) is 11.0 Å². The zero-order valence-corrected chi connectivity index (χ0v) is 9.44. The van der Waals surface area contributed by atoms with Gasteiger partial charge in [-0.15, -0.1) is 0 Å². The smallest absolute Gasteiger partial charge is 0.360 e. The van der Waals surface area contributed by atoms with E-state index in [4.69, 9.17) is 9.15 Å². The SMILES string of the molecule is COc1ccc2cc(NC(C)=O)c(=O)oc2c1. The summed E-state index contributed by atoms with van der Waals surface area (Å²) in [7, 11) is 1.53. The maximum atomic E-state index is 11.5. The van der Waals surface area contributed by atoms with Crippen LogP contribution in [0.1, 0.15) is 6.92 Å². The van der Waals surface area contributed by atoms with Crippen LogP contribution in [0, 0.1) is 0 Å². The molecule has 0 saturated carbocycles. The van der Waals surface area contributed by atoms with Gasteiger partial charge in [-0.05, 0) is 18.2 Å². The molecule has 5 nitrogen and oxygen atoms in total. The Kier molecular flexibility index (Phi) is 2.82. The number of hydrogen-bond acceptors (Lipinski definition) is 4. The molecule has 0 aliphatic rings. The standard InChI is InChI=1S/C12H11NO4/c1-7(14)13-10-5-8-3-4-9(16-2)6-11(8)17-12(10)15/h3-6H,1-2H3,(H,13,14). The predicted molar refractivity (Wildman–Crippen MR) is 63.3 cm³/mol. The molecule has 0 fully saturated rings. The van der Waals surface area contributed by atoms with E-state index in [9.17, 15) is 9.59 Å². The molecule has 1 amide bonds. The summed E-state index contributed by atoms with van der Waals surface area (Å²) in [6.45, 7) is 1.33. The molecule has 17 heavy (non-hydrogen) atoms. The number of carbonyl (C=O) groups is 1. The summed E-state index contributed by atoms with van der Waals surface area (Å²) < 4.78 is 10.1. The lowest BCUT2D eigenvalue weighted by Gasteiger charge is -2.04. The van der Waals surface area contributed by atoms with E-state index in [1.165, 1.54) is 14.0 Å². The third kappa shape index (κ3) is 2.28. The Morgan fingerprint density at radius 2 is 2.12 bits per heavy atom. The van der Waals surface area contributed by atoms with Crippen molar-refractivity contribution in [3.8, 4) is 5.75 Å². The number of fused-ring (bicyclic) bond motifs is 1. The topological polar surface area (TPSA) is 68.5 Å². The Balaban J connectivity index is 2.58. The van der Waals surface area contributed by atoms with Crippen LogP contribution in [0.15, 0.2) is 33.5 Å². The van der Waals surface area contributed by atoms with Gasteiger partial charge in [-0.2, -0.15) is 0 Å². The molecule has 0 aliphatic carbocycles. The molecule has 1 heterocycles. The molecule has 1 aromatic heterocycles. The van der Waals surface area contributed by atoms with Crippen LogP contribution in [-0.4, -0.2) is 13.0 Å². The van der Waals surface area contributed by atoms with Crippen LogP contribution < -0.4 is 15.7 Å². The van der Waals surface area contributed by atoms with E-state index >= 15 is 0 Å². The van der Waals surface area contributed by atoms with Gasteiger partial charge in [0.2, 0.25) is 5.91 Å². The molecule has 0 saturated heterocycles. The van der Waals surface area contributed by atoms with Gasteiger partial charge in [0, 0.05) is 18.4 Å². The molecular formula is C12H11NO4. The molecule has 88 valence electrons. The van der Waals surface area contributed by atoms with Crippen molar-refractivity contribution in [1.82, 2.24) is 0 Å². The Labute approximate surface area is 97.0 Å². The predicted octanol–water partition coefficient (Wildman–Crippen LogP) is 1.76. The van der Waals surface area contributed by atoms with E-state index in [0.29, 0.717) is 16.7 Å². The van der Waals surface area contributed by atoms with Crippen molar-refractivity contribution < 1.29 is 13.9 Å². The van der Waals surface area contributed by atoms with Gasteiger partial charge >= 0.3 is 5.63 Å². The molecule has 0 atom stereocenters. The second kappa shape index (κ2) is 4.29. The number of rotatable bonds is 2. The number of benzene rings is 1. The summed E-state index contributed by atoms with van der Waals surface area (Å²) >= 11 is 0. The summed E-state index contributed by atoms with van der Waals surface area (Å²) in [5, 5.41) is 3.13. The van der Waals surface area contributed by atoms with Crippen LogP contribution in [0.5, 0.6) is 5.75 Å². The molecule has 2 rings (SSSR count). The molecule has 0 aliphatic heterocycles. The van der Waals surface area contributed by atoms with Crippen LogP contribution >= 0.6 is 0 Å². The van der Waals surface area contributed by atoms with E-state index in [-0.39, 0.29) is 11.6 Å². The molecule has 0 bridgehead atoms. The molecule has 0 radical (unpaired) electrons. The lowest BCUT2D eigenvalue weighted by molar-refractivity contribution is -0.114. The van der Waals surface area contributed by atoms with Crippen molar-refractivity contribution in [2.24, 2.45) is 0 Å². The fourth-order valence-corrected chi connectivity index (χ4v) is 1.50. The first-order chi connectivity index (χ1) is 8.10. The van der Waals surface area contributed by atoms with Crippen LogP contribution in [0.4, 0.5) is 5.69 Å². The summed E-state index contributed by atoms with van der Waals surface area (Å²) in [5.74, 6) is 0.290. The van der Waals surface area contributed by atoms with Crippen molar-refractivity contribution >= 4 is 22.6 Å². The minimum Gasteiger partial charge on any atom is -0.497 e. The Morgan fingerprint density at radius 3 is 2.76 bits per heavy atom. The van der Waals surface area contributed by atoms with Gasteiger partial charge in [0.25, 0.3) is 0 Å². The molecule has 1 aromatic carbocycles. The first-order valence-corrected chi connectivity index (χ1v) is 4.99. The Morgan fingerprint density at radius 1 is 1.35 bits per heavy atom. The van der Waals surface area contributed by atoms with Crippen LogP contribution in [-0.2, 0) is 4.79 Å². The highest BCUT2D eigenvalue weighted by Gasteiger charge is 2.07. The van der Waals surface area contributed by atoms with Gasteiger partial charge in [0.05, 0.1) is 7.11 Å². The van der Waals surface area contributed by atoms with E-state index in [0.717, 1.165) is 0 Å². The number of anilines is 1. The maximum absolute atomic E-state index is 11.5. The second-order valence-electron chi connectivity index (χ2n) is 3.53. The van der Waals surface area contributed by atoms with Gasteiger partial charge in [-0.1, -0.05) is 0 Å². The van der Waals surface area contributed by atoms with Crippen molar-refractivity contribution in [1.29, 1.82) is 0 Å². The zero-order valence-electron chi connectivity index (χ0n) is 9.44. The lowest BCUT2D eigenvalue weighted by Crippen LogP contribution is -2.14. The third-order valence-electron chi connectivity index (χ3n) is 2.25. The first-order valence-electron chi connectivity index (χ1n) is 4.99. The fourth-order valence-electron chi connectivity index (χ4n) is 1.50. The maximum Gasteiger partial charge on any atom is 0.360 e. The average Bonchev–Trinajstić information content (AvgIpc) is 2.29. The van der Waals surface area contributed by atoms with E-state index in [2.05, 4.69) is 5.32 Å². The molecule has 1 N–H and O–H groups in total. The number of carbonyl (C=O) groups excluding carboxylic acids is 1. The number of methoxy groups -OCH3 is 1. The van der Waals surface area contributed by atoms with Gasteiger partial charge in [-0.25, -0.2) is 4.79 Å². The summed E-state index contributed by atoms with van der Waals surface area (Å²) in [6, 6.07) is 6.69. The van der Waals surface area contributed by atoms with E-state index in [1.54, 1.807) is 24.3 Å². The molecule has 0 spiro atoms. The summed E-state index contributed by atoms with van der Waals surface area (Å²) in [5.41, 5.74) is -0.0282. The monoisotopic (exact) mass is 233 g/mol. The van der Waals surface area contributed by atoms with Gasteiger partial charge in [0.15, 0.2) is 0 Å². The highest BCUT2D eigenvalue weighted by Crippen LogP contribution is 2.21. The van der Waals surface area contributed by atoms with E-state index < -0.39 is 5.63 Å². The van der Waals surface area contributed by atoms with Gasteiger partial charge in [-0.3, -0.25) is 4.79 Å². The number of hydrogen-bond donors (Lipinski definition) is 1. The second-order valence-corrected chi connectivity index (χ2v) is 3.53. The largest absolute Gasteiger partial charge is 0.497 e. The quantitative estimate of drug-likeness (QED) is 0.802. The van der Waals surface area contributed by atoms with Crippen molar-refractivity contribution in [3.05, 3.63) is 34.7 Å². The number of amides is 1. The van der Waals surface area contributed by atoms with Gasteiger partial charge in [0.1, 0.15) is 17.0 Å². The molecule has 0 unspecified atom stereocenters. The minimum absolute atomic E-state index is 0.134. The van der Waals surface area contributed by atoms with E-state index in [1.807, 2.05) is 0 Å². The number of ether oxygens (including phenoxy) is 1. The van der Waals surface area contributed by atoms with Crippen LogP contribution in [0.3, 0.4) is 0 Å². The van der Waals surface area contributed by atoms with Crippen molar-refractivity contribution in [3.63, 3.8) is 0 Å². The molecule has 5 heteroatoms. The highest BCUT2D eigenvalue weighted by molar-refractivity contribution is 5.91. The summed E-state index contributed by atoms with van der Waals surface area (Å²) in [4.78, 5) is 22.4. The summed E-state index contributed by atoms with van der Waals surface area (Å²) in [6.07, 6.45) is 0. The lowest BCUT2D eigenvalue weighted by atomic mass is 10.2. The first kappa shape index (κ1) is 11.2. The minimum atomic E-state index is -0.582. The van der Waals surface area contributed by atoms with Crippen LogP contribution in [0.2, 0.25) is 0 Å².